The SMILES string of the molecule is CC(C)Oc1cccc(CNC(=O)[C@@H]2COc3ccccc3O2)c1. The summed E-state index contributed by atoms with van der Waals surface area (Å²) in [5.74, 6) is 1.86. The number of hydrogen-bond acceptors (Lipinski definition) is 4. The van der Waals surface area contributed by atoms with Gasteiger partial charge in [0, 0.05) is 6.54 Å². The Bertz CT molecular complexity index is 714. The first kappa shape index (κ1) is 16.2. The smallest absolute Gasteiger partial charge is 0.264 e. The Morgan fingerprint density at radius 1 is 1.21 bits per heavy atom. The van der Waals surface area contributed by atoms with Crippen LogP contribution in [0.2, 0.25) is 0 Å². The molecule has 126 valence electrons. The maximum atomic E-state index is 12.3. The van der Waals surface area contributed by atoms with Gasteiger partial charge in [0.1, 0.15) is 12.4 Å². The molecule has 0 aliphatic carbocycles. The van der Waals surface area contributed by atoms with Gasteiger partial charge in [-0.25, -0.2) is 0 Å². The zero-order valence-electron chi connectivity index (χ0n) is 13.8. The zero-order chi connectivity index (χ0) is 16.9. The molecule has 1 amide bonds. The van der Waals surface area contributed by atoms with Crippen LogP contribution in [0.5, 0.6) is 17.2 Å². The molecule has 1 aliphatic rings. The van der Waals surface area contributed by atoms with Crippen molar-refractivity contribution in [3.63, 3.8) is 0 Å². The van der Waals surface area contributed by atoms with E-state index in [1.165, 1.54) is 0 Å². The lowest BCUT2D eigenvalue weighted by Gasteiger charge is -2.25. The predicted molar refractivity (Wildman–Crippen MR) is 90.4 cm³/mol. The zero-order valence-corrected chi connectivity index (χ0v) is 13.8. The lowest BCUT2D eigenvalue weighted by molar-refractivity contribution is -0.130. The van der Waals surface area contributed by atoms with Crippen LogP contribution in [0.3, 0.4) is 0 Å². The third-order valence-corrected chi connectivity index (χ3v) is 3.54. The maximum absolute atomic E-state index is 12.3. The average molecular weight is 327 g/mol. The maximum Gasteiger partial charge on any atom is 0.264 e. The number of nitrogens with one attached hydrogen (secondary N) is 1. The predicted octanol–water partition coefficient (Wildman–Crippen LogP) is 2.93. The summed E-state index contributed by atoms with van der Waals surface area (Å²) in [5.41, 5.74) is 0.971. The number of benzene rings is 2. The summed E-state index contributed by atoms with van der Waals surface area (Å²) in [6.07, 6.45) is -0.530. The molecular formula is C19H21NO4. The first-order valence-corrected chi connectivity index (χ1v) is 8.03. The Hall–Kier alpha value is -2.69. The van der Waals surface area contributed by atoms with E-state index in [0.717, 1.165) is 11.3 Å². The van der Waals surface area contributed by atoms with Crippen LogP contribution < -0.4 is 19.5 Å². The Labute approximate surface area is 141 Å². The normalized spacial score (nSPS) is 15.9. The van der Waals surface area contributed by atoms with Crippen molar-refractivity contribution in [2.45, 2.75) is 32.6 Å². The lowest BCUT2D eigenvalue weighted by Crippen LogP contribution is -2.43. The van der Waals surface area contributed by atoms with E-state index >= 15 is 0 Å². The van der Waals surface area contributed by atoms with Crippen molar-refractivity contribution in [1.82, 2.24) is 5.32 Å². The number of carbonyl (C=O) groups excluding carboxylic acids is 1. The third-order valence-electron chi connectivity index (χ3n) is 3.54. The van der Waals surface area contributed by atoms with Crippen molar-refractivity contribution in [3.8, 4) is 17.2 Å². The fraction of sp³-hybridized carbons (Fsp3) is 0.316. The second kappa shape index (κ2) is 7.25. The van der Waals surface area contributed by atoms with Gasteiger partial charge in [0.25, 0.3) is 5.91 Å². The van der Waals surface area contributed by atoms with Crippen LogP contribution in [0.15, 0.2) is 48.5 Å². The molecule has 24 heavy (non-hydrogen) atoms. The van der Waals surface area contributed by atoms with Crippen LogP contribution >= 0.6 is 0 Å². The molecule has 2 aromatic carbocycles. The van der Waals surface area contributed by atoms with Gasteiger partial charge in [-0.3, -0.25) is 4.79 Å². The van der Waals surface area contributed by atoms with Gasteiger partial charge in [0.2, 0.25) is 6.10 Å². The minimum Gasteiger partial charge on any atom is -0.491 e. The molecule has 5 heteroatoms. The van der Waals surface area contributed by atoms with E-state index in [1.807, 2.05) is 56.3 Å². The summed E-state index contributed by atoms with van der Waals surface area (Å²) >= 11 is 0. The number of para-hydroxylation sites is 2. The summed E-state index contributed by atoms with van der Waals surface area (Å²) in [4.78, 5) is 12.3. The first-order valence-electron chi connectivity index (χ1n) is 8.03. The summed E-state index contributed by atoms with van der Waals surface area (Å²) in [6.45, 7) is 4.58. The highest BCUT2D eigenvalue weighted by Gasteiger charge is 2.26. The molecule has 2 aromatic rings. The summed E-state index contributed by atoms with van der Waals surface area (Å²) in [6, 6.07) is 15.0. The molecule has 5 nitrogen and oxygen atoms in total. The van der Waals surface area contributed by atoms with Gasteiger partial charge in [-0.15, -0.1) is 0 Å². The summed E-state index contributed by atoms with van der Waals surface area (Å²) in [7, 11) is 0. The van der Waals surface area contributed by atoms with E-state index in [1.54, 1.807) is 6.07 Å². The number of carbonyl (C=O) groups is 1. The highest BCUT2D eigenvalue weighted by atomic mass is 16.6. The second-order valence-electron chi connectivity index (χ2n) is 5.90. The van der Waals surface area contributed by atoms with Gasteiger partial charge in [-0.2, -0.15) is 0 Å². The highest BCUT2D eigenvalue weighted by molar-refractivity contribution is 5.81. The van der Waals surface area contributed by atoms with Gasteiger partial charge >= 0.3 is 0 Å². The molecular weight excluding hydrogens is 306 g/mol. The summed E-state index contributed by atoms with van der Waals surface area (Å²) in [5, 5.41) is 2.88. The van der Waals surface area contributed by atoms with Crippen molar-refractivity contribution in [1.29, 1.82) is 0 Å². The van der Waals surface area contributed by atoms with E-state index in [-0.39, 0.29) is 18.6 Å². The number of ether oxygens (including phenoxy) is 3. The van der Waals surface area contributed by atoms with Gasteiger partial charge < -0.3 is 19.5 Å². The van der Waals surface area contributed by atoms with E-state index in [2.05, 4.69) is 5.32 Å². The summed E-state index contributed by atoms with van der Waals surface area (Å²) < 4.78 is 16.9. The minimum atomic E-state index is -0.644. The largest absolute Gasteiger partial charge is 0.491 e. The van der Waals surface area contributed by atoms with Gasteiger partial charge in [-0.1, -0.05) is 24.3 Å². The number of hydrogen-bond donors (Lipinski definition) is 1. The minimum absolute atomic E-state index is 0.114. The molecule has 1 aliphatic heterocycles. The Kier molecular flexibility index (Phi) is 4.89. The second-order valence-corrected chi connectivity index (χ2v) is 5.90. The van der Waals surface area contributed by atoms with Crippen LogP contribution in [0.1, 0.15) is 19.4 Å². The molecule has 0 spiro atoms. The van der Waals surface area contributed by atoms with Gasteiger partial charge in [0.15, 0.2) is 11.5 Å². The molecule has 0 bridgehead atoms. The van der Waals surface area contributed by atoms with E-state index < -0.39 is 6.10 Å². The Morgan fingerprint density at radius 3 is 2.79 bits per heavy atom. The molecule has 3 rings (SSSR count). The van der Waals surface area contributed by atoms with E-state index in [4.69, 9.17) is 14.2 Å². The molecule has 1 N–H and O–H groups in total. The van der Waals surface area contributed by atoms with Gasteiger partial charge in [-0.05, 0) is 43.7 Å². The topological polar surface area (TPSA) is 56.8 Å². The molecule has 0 saturated heterocycles. The molecule has 0 aromatic heterocycles. The van der Waals surface area contributed by atoms with Crippen LogP contribution in [-0.2, 0) is 11.3 Å². The number of amides is 1. The van der Waals surface area contributed by atoms with Crippen molar-refractivity contribution >= 4 is 5.91 Å². The molecule has 1 atom stereocenters. The van der Waals surface area contributed by atoms with E-state index in [0.29, 0.717) is 18.0 Å². The first-order chi connectivity index (χ1) is 11.6. The molecule has 1 heterocycles. The standard InChI is InChI=1S/C19H21NO4/c1-13(2)23-15-7-5-6-14(10-15)11-20-19(21)18-12-22-16-8-3-4-9-17(16)24-18/h3-10,13,18H,11-12H2,1-2H3,(H,20,21)/t18-/m0/s1. The molecule has 0 fully saturated rings. The van der Waals surface area contributed by atoms with Crippen molar-refractivity contribution in [3.05, 3.63) is 54.1 Å². The van der Waals surface area contributed by atoms with Crippen LogP contribution in [-0.4, -0.2) is 24.7 Å². The van der Waals surface area contributed by atoms with Crippen molar-refractivity contribution in [2.24, 2.45) is 0 Å². The molecule has 0 unspecified atom stereocenters. The highest BCUT2D eigenvalue weighted by Crippen LogP contribution is 2.30. The fourth-order valence-electron chi connectivity index (χ4n) is 2.45. The molecule has 0 saturated carbocycles. The fourth-order valence-corrected chi connectivity index (χ4v) is 2.45. The van der Waals surface area contributed by atoms with Crippen LogP contribution in [0.4, 0.5) is 0 Å². The van der Waals surface area contributed by atoms with Gasteiger partial charge in [0.05, 0.1) is 6.10 Å². The average Bonchev–Trinajstić information content (AvgIpc) is 2.59. The number of fused-ring (bicyclic) bond motifs is 1. The Balaban J connectivity index is 1.56. The monoisotopic (exact) mass is 327 g/mol. The quantitative estimate of drug-likeness (QED) is 0.917. The van der Waals surface area contributed by atoms with Crippen molar-refractivity contribution < 1.29 is 19.0 Å². The van der Waals surface area contributed by atoms with E-state index in [9.17, 15) is 4.79 Å². The lowest BCUT2D eigenvalue weighted by atomic mass is 10.2. The molecule has 0 radical (unpaired) electrons. The number of rotatable bonds is 5. The van der Waals surface area contributed by atoms with Crippen molar-refractivity contribution in [2.75, 3.05) is 6.61 Å². The Morgan fingerprint density at radius 2 is 2.00 bits per heavy atom. The third kappa shape index (κ3) is 3.98. The van der Waals surface area contributed by atoms with Crippen LogP contribution in [0, 0.1) is 0 Å². The van der Waals surface area contributed by atoms with Crippen LogP contribution in [0.25, 0.3) is 0 Å².